The summed E-state index contributed by atoms with van der Waals surface area (Å²) in [6.45, 7) is 8.73. The van der Waals surface area contributed by atoms with Crippen LogP contribution in [0.1, 0.15) is 25.0 Å². The number of likely N-dealkylation sites (N-methyl/N-ethyl adjacent to an activating group) is 1. The maximum Gasteiger partial charge on any atom is 0.236 e. The highest BCUT2D eigenvalue weighted by Crippen LogP contribution is 2.16. The summed E-state index contributed by atoms with van der Waals surface area (Å²) in [7, 11) is 0. The number of benzene rings is 1. The van der Waals surface area contributed by atoms with E-state index in [2.05, 4.69) is 40.3 Å². The van der Waals surface area contributed by atoms with E-state index in [1.54, 1.807) is 0 Å². The fraction of sp³-hybridized carbons (Fsp3) is 0.500. The summed E-state index contributed by atoms with van der Waals surface area (Å²) in [5.74, 6) is 0.161. The molecule has 0 radical (unpaired) electrons. The normalized spacial score (nSPS) is 10.4. The van der Waals surface area contributed by atoms with Crippen LogP contribution in [0.2, 0.25) is 0 Å². The second-order valence-corrected chi connectivity index (χ2v) is 5.11. The first-order valence-electron chi connectivity index (χ1n) is 6.32. The quantitative estimate of drug-likeness (QED) is 0.876. The van der Waals surface area contributed by atoms with Gasteiger partial charge in [0.25, 0.3) is 0 Å². The Balaban J connectivity index is 2.41. The van der Waals surface area contributed by atoms with Gasteiger partial charge in [0, 0.05) is 24.1 Å². The van der Waals surface area contributed by atoms with Crippen molar-refractivity contribution in [2.45, 2.75) is 27.3 Å². The molecule has 1 amide bonds. The number of halogens is 1. The van der Waals surface area contributed by atoms with Crippen molar-refractivity contribution in [2.24, 2.45) is 0 Å². The second kappa shape index (κ2) is 7.54. The van der Waals surface area contributed by atoms with Gasteiger partial charge in [0.05, 0.1) is 6.54 Å². The van der Waals surface area contributed by atoms with E-state index in [1.165, 1.54) is 11.1 Å². The van der Waals surface area contributed by atoms with Gasteiger partial charge in [0.15, 0.2) is 0 Å². The van der Waals surface area contributed by atoms with Crippen LogP contribution >= 0.6 is 15.9 Å². The van der Waals surface area contributed by atoms with Crippen molar-refractivity contribution in [2.75, 3.05) is 19.6 Å². The Morgan fingerprint density at radius 2 is 2.00 bits per heavy atom. The van der Waals surface area contributed by atoms with Crippen molar-refractivity contribution in [1.82, 2.24) is 10.2 Å². The molecule has 4 heteroatoms. The minimum absolute atomic E-state index is 0.161. The van der Waals surface area contributed by atoms with Gasteiger partial charge in [0.1, 0.15) is 0 Å². The topological polar surface area (TPSA) is 32.3 Å². The summed E-state index contributed by atoms with van der Waals surface area (Å²) >= 11 is 3.48. The van der Waals surface area contributed by atoms with E-state index in [-0.39, 0.29) is 5.91 Å². The average molecular weight is 313 g/mol. The van der Waals surface area contributed by atoms with Crippen LogP contribution in [0.3, 0.4) is 0 Å². The predicted molar refractivity (Wildman–Crippen MR) is 78.5 cm³/mol. The molecular weight excluding hydrogens is 292 g/mol. The number of hydrogen-bond acceptors (Lipinski definition) is 2. The third-order valence-corrected chi connectivity index (χ3v) is 3.83. The molecule has 0 aliphatic rings. The van der Waals surface area contributed by atoms with Gasteiger partial charge in [-0.25, -0.2) is 0 Å². The molecule has 1 aromatic rings. The van der Waals surface area contributed by atoms with Crippen LogP contribution in [-0.4, -0.2) is 30.4 Å². The van der Waals surface area contributed by atoms with E-state index in [9.17, 15) is 4.79 Å². The monoisotopic (exact) mass is 312 g/mol. The summed E-state index contributed by atoms with van der Waals surface area (Å²) in [5, 5.41) is 3.19. The third-order valence-electron chi connectivity index (χ3n) is 2.94. The smallest absolute Gasteiger partial charge is 0.236 e. The molecule has 0 aromatic heterocycles. The van der Waals surface area contributed by atoms with E-state index in [4.69, 9.17) is 0 Å². The first kappa shape index (κ1) is 15.2. The number of rotatable bonds is 6. The van der Waals surface area contributed by atoms with Gasteiger partial charge < -0.3 is 10.2 Å². The molecule has 0 spiro atoms. The molecule has 0 aliphatic carbocycles. The summed E-state index contributed by atoms with van der Waals surface area (Å²) in [4.78, 5) is 13.6. The molecule has 100 valence electrons. The zero-order valence-electron chi connectivity index (χ0n) is 11.3. The molecule has 0 fully saturated rings. The van der Waals surface area contributed by atoms with E-state index < -0.39 is 0 Å². The van der Waals surface area contributed by atoms with Crippen molar-refractivity contribution in [1.29, 1.82) is 0 Å². The van der Waals surface area contributed by atoms with Crippen molar-refractivity contribution in [3.63, 3.8) is 0 Å². The van der Waals surface area contributed by atoms with Crippen LogP contribution in [0.5, 0.6) is 0 Å². The fourth-order valence-electron chi connectivity index (χ4n) is 1.82. The summed E-state index contributed by atoms with van der Waals surface area (Å²) in [6.07, 6.45) is 0. The molecule has 1 rings (SSSR count). The van der Waals surface area contributed by atoms with Crippen molar-refractivity contribution >= 4 is 21.8 Å². The molecular formula is C14H21BrN2O. The zero-order chi connectivity index (χ0) is 13.5. The molecule has 0 bridgehead atoms. The SMILES string of the molecule is CCN(CC)C(=O)CNCc1ccc(Br)c(C)c1. The zero-order valence-corrected chi connectivity index (χ0v) is 12.9. The van der Waals surface area contributed by atoms with Crippen LogP contribution in [0.25, 0.3) is 0 Å². The van der Waals surface area contributed by atoms with E-state index in [0.29, 0.717) is 6.54 Å². The lowest BCUT2D eigenvalue weighted by atomic mass is 10.1. The van der Waals surface area contributed by atoms with Crippen LogP contribution in [0.15, 0.2) is 22.7 Å². The van der Waals surface area contributed by atoms with Crippen molar-refractivity contribution < 1.29 is 4.79 Å². The molecule has 0 saturated heterocycles. The summed E-state index contributed by atoms with van der Waals surface area (Å²) < 4.78 is 1.12. The Morgan fingerprint density at radius 3 is 2.56 bits per heavy atom. The number of amides is 1. The highest BCUT2D eigenvalue weighted by atomic mass is 79.9. The summed E-state index contributed by atoms with van der Waals surface area (Å²) in [5.41, 5.74) is 2.41. The molecule has 0 heterocycles. The molecule has 0 unspecified atom stereocenters. The highest BCUT2D eigenvalue weighted by Gasteiger charge is 2.08. The maximum atomic E-state index is 11.8. The number of nitrogens with one attached hydrogen (secondary N) is 1. The van der Waals surface area contributed by atoms with E-state index >= 15 is 0 Å². The van der Waals surface area contributed by atoms with Gasteiger partial charge >= 0.3 is 0 Å². The fourth-order valence-corrected chi connectivity index (χ4v) is 2.07. The van der Waals surface area contributed by atoms with E-state index in [0.717, 1.165) is 24.1 Å². The first-order valence-corrected chi connectivity index (χ1v) is 7.11. The Bertz CT molecular complexity index is 403. The molecule has 1 N–H and O–H groups in total. The Hall–Kier alpha value is -0.870. The molecule has 3 nitrogen and oxygen atoms in total. The van der Waals surface area contributed by atoms with Crippen LogP contribution in [0, 0.1) is 6.92 Å². The second-order valence-electron chi connectivity index (χ2n) is 4.25. The maximum absolute atomic E-state index is 11.8. The number of hydrogen-bond donors (Lipinski definition) is 1. The lowest BCUT2D eigenvalue weighted by molar-refractivity contribution is -0.129. The Kier molecular flexibility index (Phi) is 6.36. The number of carbonyl (C=O) groups is 1. The molecule has 0 saturated carbocycles. The highest BCUT2D eigenvalue weighted by molar-refractivity contribution is 9.10. The van der Waals surface area contributed by atoms with Crippen molar-refractivity contribution in [3.8, 4) is 0 Å². The standard InChI is InChI=1S/C14H21BrN2O/c1-4-17(5-2)14(18)10-16-9-12-6-7-13(15)11(3)8-12/h6-8,16H,4-5,9-10H2,1-3H3. The molecule has 1 aromatic carbocycles. The van der Waals surface area contributed by atoms with Gasteiger partial charge in [-0.1, -0.05) is 28.1 Å². The Labute approximate surface area is 118 Å². The van der Waals surface area contributed by atoms with Crippen LogP contribution in [-0.2, 0) is 11.3 Å². The van der Waals surface area contributed by atoms with Gasteiger partial charge in [-0.15, -0.1) is 0 Å². The van der Waals surface area contributed by atoms with Gasteiger partial charge in [-0.2, -0.15) is 0 Å². The average Bonchev–Trinajstić information content (AvgIpc) is 2.35. The van der Waals surface area contributed by atoms with Crippen molar-refractivity contribution in [3.05, 3.63) is 33.8 Å². The molecule has 0 aliphatic heterocycles. The largest absolute Gasteiger partial charge is 0.342 e. The van der Waals surface area contributed by atoms with Gasteiger partial charge in [-0.05, 0) is 38.0 Å². The predicted octanol–water partition coefficient (Wildman–Crippen LogP) is 2.72. The van der Waals surface area contributed by atoms with Gasteiger partial charge in [0.2, 0.25) is 5.91 Å². The summed E-state index contributed by atoms with van der Waals surface area (Å²) in [6, 6.07) is 6.23. The minimum atomic E-state index is 0.161. The van der Waals surface area contributed by atoms with E-state index in [1.807, 2.05) is 24.8 Å². The minimum Gasteiger partial charge on any atom is -0.342 e. The lowest BCUT2D eigenvalue weighted by Crippen LogP contribution is -2.37. The molecule has 18 heavy (non-hydrogen) atoms. The first-order chi connectivity index (χ1) is 8.58. The third kappa shape index (κ3) is 4.42. The number of carbonyl (C=O) groups excluding carboxylic acids is 1. The molecule has 0 atom stereocenters. The lowest BCUT2D eigenvalue weighted by Gasteiger charge is -2.18. The Morgan fingerprint density at radius 1 is 1.33 bits per heavy atom. The number of aryl methyl sites for hydroxylation is 1. The van der Waals surface area contributed by atoms with Crippen LogP contribution < -0.4 is 5.32 Å². The number of nitrogens with zero attached hydrogens (tertiary/aromatic N) is 1. The van der Waals surface area contributed by atoms with Gasteiger partial charge in [-0.3, -0.25) is 4.79 Å². The van der Waals surface area contributed by atoms with Crippen LogP contribution in [0.4, 0.5) is 0 Å².